The molecule has 0 nitrogen and oxygen atoms in total. The maximum atomic E-state index is 5.76. The van der Waals surface area contributed by atoms with E-state index in [9.17, 15) is 0 Å². The van der Waals surface area contributed by atoms with Crippen LogP contribution < -0.4 is 0 Å². The van der Waals surface area contributed by atoms with Crippen LogP contribution in [0.4, 0.5) is 0 Å². The molecule has 0 saturated heterocycles. The van der Waals surface area contributed by atoms with Crippen molar-refractivity contribution in [3.63, 3.8) is 0 Å². The van der Waals surface area contributed by atoms with Crippen LogP contribution in [0, 0.1) is 11.8 Å². The number of alkyl halides is 1. The van der Waals surface area contributed by atoms with Crippen molar-refractivity contribution in [2.45, 2.75) is 39.0 Å². The molecular weight excluding hydrogens is 200 g/mol. The molecule has 0 heterocycles. The van der Waals surface area contributed by atoms with Crippen molar-refractivity contribution in [3.8, 4) is 0 Å². The number of hydrogen-bond donors (Lipinski definition) is 0. The summed E-state index contributed by atoms with van der Waals surface area (Å²) in [4.78, 5) is 0. The van der Waals surface area contributed by atoms with Crippen molar-refractivity contribution in [3.05, 3.63) is 0 Å². The van der Waals surface area contributed by atoms with Gasteiger partial charge in [0.2, 0.25) is 0 Å². The topological polar surface area (TPSA) is 0 Å². The molecule has 0 aromatic heterocycles. The highest BCUT2D eigenvalue weighted by Gasteiger charge is 2.13. The number of halogens is 1. The fraction of sp³-hybridized carbons (Fsp3) is 1.00. The molecule has 13 heavy (non-hydrogen) atoms. The molecule has 1 unspecified atom stereocenters. The van der Waals surface area contributed by atoms with Gasteiger partial charge in [-0.1, -0.05) is 26.2 Å². The van der Waals surface area contributed by atoms with Crippen LogP contribution in [0.5, 0.6) is 0 Å². The van der Waals surface area contributed by atoms with Gasteiger partial charge in [0.05, 0.1) is 0 Å². The zero-order valence-corrected chi connectivity index (χ0v) is 10.2. The lowest BCUT2D eigenvalue weighted by molar-refractivity contribution is 0.391. The second-order valence-corrected chi connectivity index (χ2v) is 5.68. The molecule has 0 aliphatic heterocycles. The van der Waals surface area contributed by atoms with Crippen molar-refractivity contribution in [2.24, 2.45) is 11.8 Å². The maximum Gasteiger partial charge on any atom is 0.0257 e. The number of rotatable bonds is 5. The summed E-state index contributed by atoms with van der Waals surface area (Å²) in [5.41, 5.74) is 0. The molecule has 1 rings (SSSR count). The summed E-state index contributed by atoms with van der Waals surface area (Å²) in [6, 6.07) is 0. The fourth-order valence-electron chi connectivity index (χ4n) is 1.83. The molecule has 0 spiro atoms. The van der Waals surface area contributed by atoms with Crippen LogP contribution in [0.1, 0.15) is 39.0 Å². The predicted molar refractivity (Wildman–Crippen MR) is 63.8 cm³/mol. The Balaban J connectivity index is 1.98. The second kappa shape index (κ2) is 7.00. The molecule has 1 saturated carbocycles. The van der Waals surface area contributed by atoms with Crippen molar-refractivity contribution < 1.29 is 0 Å². The second-order valence-electron chi connectivity index (χ2n) is 4.30. The van der Waals surface area contributed by atoms with Crippen LogP contribution in [-0.2, 0) is 0 Å². The molecule has 0 bridgehead atoms. The number of thioether (sulfide) groups is 1. The first-order valence-electron chi connectivity index (χ1n) is 5.46. The van der Waals surface area contributed by atoms with Crippen LogP contribution in [0.15, 0.2) is 0 Å². The quantitative estimate of drug-likeness (QED) is 0.627. The van der Waals surface area contributed by atoms with E-state index in [-0.39, 0.29) is 0 Å². The fourth-order valence-corrected chi connectivity index (χ4v) is 3.40. The van der Waals surface area contributed by atoms with Gasteiger partial charge in [0, 0.05) is 5.88 Å². The molecule has 0 amide bonds. The van der Waals surface area contributed by atoms with Gasteiger partial charge in [0.25, 0.3) is 0 Å². The third-order valence-corrected chi connectivity index (χ3v) is 4.78. The van der Waals surface area contributed by atoms with Crippen LogP contribution in [0.2, 0.25) is 0 Å². The van der Waals surface area contributed by atoms with Crippen molar-refractivity contribution in [1.29, 1.82) is 0 Å². The minimum Gasteiger partial charge on any atom is -0.161 e. The molecule has 1 aliphatic rings. The van der Waals surface area contributed by atoms with Crippen LogP contribution in [0.3, 0.4) is 0 Å². The highest BCUT2D eigenvalue weighted by molar-refractivity contribution is 7.99. The number of hydrogen-bond acceptors (Lipinski definition) is 1. The van der Waals surface area contributed by atoms with Gasteiger partial charge in [0.15, 0.2) is 0 Å². The Kier molecular flexibility index (Phi) is 6.31. The lowest BCUT2D eigenvalue weighted by atomic mass is 9.91. The summed E-state index contributed by atoms with van der Waals surface area (Å²) in [6.07, 6.45) is 7.36. The standard InChI is InChI=1S/C11H21ClS/c1-10(7-12)8-13-9-11-5-3-2-4-6-11/h10-11H,2-9H2,1H3. The van der Waals surface area contributed by atoms with Crippen molar-refractivity contribution in [2.75, 3.05) is 17.4 Å². The first-order chi connectivity index (χ1) is 6.33. The minimum atomic E-state index is 0.690. The first-order valence-corrected chi connectivity index (χ1v) is 7.15. The van der Waals surface area contributed by atoms with E-state index < -0.39 is 0 Å². The molecule has 1 aliphatic carbocycles. The maximum absolute atomic E-state index is 5.76. The zero-order valence-electron chi connectivity index (χ0n) is 8.60. The van der Waals surface area contributed by atoms with Crippen LogP contribution in [-0.4, -0.2) is 17.4 Å². The lowest BCUT2D eigenvalue weighted by Crippen LogP contribution is -2.10. The van der Waals surface area contributed by atoms with E-state index in [1.165, 1.54) is 43.6 Å². The summed E-state index contributed by atoms with van der Waals surface area (Å²) in [7, 11) is 0. The van der Waals surface area contributed by atoms with Gasteiger partial charge in [-0.3, -0.25) is 0 Å². The van der Waals surface area contributed by atoms with Gasteiger partial charge in [-0.2, -0.15) is 11.8 Å². The summed E-state index contributed by atoms with van der Waals surface area (Å²) >= 11 is 7.87. The Morgan fingerprint density at radius 1 is 1.31 bits per heavy atom. The van der Waals surface area contributed by atoms with Gasteiger partial charge in [-0.05, 0) is 36.2 Å². The summed E-state index contributed by atoms with van der Waals surface area (Å²) in [5.74, 6) is 5.15. The van der Waals surface area contributed by atoms with Crippen LogP contribution in [0.25, 0.3) is 0 Å². The molecule has 78 valence electrons. The van der Waals surface area contributed by atoms with E-state index in [0.29, 0.717) is 5.92 Å². The van der Waals surface area contributed by atoms with Crippen molar-refractivity contribution in [1.82, 2.24) is 0 Å². The van der Waals surface area contributed by atoms with E-state index >= 15 is 0 Å². The normalized spacial score (nSPS) is 21.7. The van der Waals surface area contributed by atoms with E-state index in [2.05, 4.69) is 18.7 Å². The van der Waals surface area contributed by atoms with Crippen molar-refractivity contribution >= 4 is 23.4 Å². The van der Waals surface area contributed by atoms with Crippen LogP contribution >= 0.6 is 23.4 Å². The Morgan fingerprint density at radius 2 is 2.00 bits per heavy atom. The Morgan fingerprint density at radius 3 is 2.62 bits per heavy atom. The van der Waals surface area contributed by atoms with Gasteiger partial charge in [-0.15, -0.1) is 11.6 Å². The summed E-state index contributed by atoms with van der Waals surface area (Å²) < 4.78 is 0. The summed E-state index contributed by atoms with van der Waals surface area (Å²) in [6.45, 7) is 2.24. The molecule has 1 atom stereocenters. The smallest absolute Gasteiger partial charge is 0.0257 e. The SMILES string of the molecule is CC(CCl)CSCC1CCCCC1. The average molecular weight is 221 g/mol. The largest absolute Gasteiger partial charge is 0.161 e. The molecule has 0 aromatic rings. The Hall–Kier alpha value is 0.640. The lowest BCUT2D eigenvalue weighted by Gasteiger charge is -2.21. The molecule has 0 radical (unpaired) electrons. The van der Waals surface area contributed by atoms with E-state index in [1.54, 1.807) is 0 Å². The highest BCUT2D eigenvalue weighted by atomic mass is 35.5. The van der Waals surface area contributed by atoms with E-state index in [0.717, 1.165) is 11.8 Å². The molecule has 0 N–H and O–H groups in total. The zero-order chi connectivity index (χ0) is 9.52. The van der Waals surface area contributed by atoms with Gasteiger partial charge < -0.3 is 0 Å². The summed E-state index contributed by atoms with van der Waals surface area (Å²) in [5, 5.41) is 0. The van der Waals surface area contributed by atoms with E-state index in [1.807, 2.05) is 0 Å². The van der Waals surface area contributed by atoms with Gasteiger partial charge in [0.1, 0.15) is 0 Å². The molecule has 1 fully saturated rings. The minimum absolute atomic E-state index is 0.690. The molecule has 2 heteroatoms. The Bertz CT molecular complexity index is 121. The predicted octanol–water partition coefficient (Wildman–Crippen LogP) is 4.17. The Labute approximate surface area is 91.8 Å². The molecule has 0 aromatic carbocycles. The molecular formula is C11H21ClS. The van der Waals surface area contributed by atoms with E-state index in [4.69, 9.17) is 11.6 Å². The average Bonchev–Trinajstić information content (AvgIpc) is 2.19. The van der Waals surface area contributed by atoms with Gasteiger partial charge in [-0.25, -0.2) is 0 Å². The van der Waals surface area contributed by atoms with Gasteiger partial charge >= 0.3 is 0 Å². The third kappa shape index (κ3) is 5.17. The third-order valence-electron chi connectivity index (χ3n) is 2.74. The first kappa shape index (κ1) is 11.7. The highest BCUT2D eigenvalue weighted by Crippen LogP contribution is 2.27. The monoisotopic (exact) mass is 220 g/mol.